The minimum atomic E-state index is -0.551. The van der Waals surface area contributed by atoms with Gasteiger partial charge in [-0.1, -0.05) is 31.2 Å². The van der Waals surface area contributed by atoms with Crippen molar-refractivity contribution in [2.75, 3.05) is 0 Å². The first-order chi connectivity index (χ1) is 14.6. The second-order valence-corrected chi connectivity index (χ2v) is 7.59. The largest absolute Gasteiger partial charge is 0.347 e. The zero-order chi connectivity index (χ0) is 21.1. The van der Waals surface area contributed by atoms with Gasteiger partial charge < -0.3 is 14.8 Å². The fraction of sp³-hybridized carbons (Fsp3) is 0.348. The number of imidazole rings is 1. The predicted octanol–water partition coefficient (Wildman–Crippen LogP) is 3.39. The molecule has 1 aliphatic rings. The molecular weight excluding hydrogens is 383 g/mol. The van der Waals surface area contributed by atoms with Crippen LogP contribution in [0.3, 0.4) is 0 Å². The van der Waals surface area contributed by atoms with Gasteiger partial charge in [-0.2, -0.15) is 0 Å². The zero-order valence-electron chi connectivity index (χ0n) is 17.0. The summed E-state index contributed by atoms with van der Waals surface area (Å²) >= 11 is 0. The molecule has 30 heavy (non-hydrogen) atoms. The molecule has 2 amide bonds. The molecule has 2 heterocycles. The predicted molar refractivity (Wildman–Crippen MR) is 112 cm³/mol. The molecule has 4 rings (SSSR count). The number of likely N-dealkylation sites (tertiary alicyclic amines) is 1. The summed E-state index contributed by atoms with van der Waals surface area (Å²) < 4.78 is 15.6. The molecule has 1 N–H and O–H groups in total. The van der Waals surface area contributed by atoms with E-state index in [-0.39, 0.29) is 24.2 Å². The summed E-state index contributed by atoms with van der Waals surface area (Å²) in [5, 5.41) is 2.96. The Morgan fingerprint density at radius 2 is 2.07 bits per heavy atom. The maximum Gasteiger partial charge on any atom is 0.243 e. The molecule has 1 fully saturated rings. The Kier molecular flexibility index (Phi) is 5.79. The van der Waals surface area contributed by atoms with Crippen molar-refractivity contribution in [1.29, 1.82) is 0 Å². The number of rotatable bonds is 7. The summed E-state index contributed by atoms with van der Waals surface area (Å²) in [5.74, 6) is 0.160. The van der Waals surface area contributed by atoms with E-state index in [1.54, 1.807) is 17.0 Å². The van der Waals surface area contributed by atoms with Crippen LogP contribution in [0.1, 0.15) is 37.6 Å². The third kappa shape index (κ3) is 4.06. The van der Waals surface area contributed by atoms with Crippen molar-refractivity contribution >= 4 is 22.8 Å². The third-order valence-electron chi connectivity index (χ3n) is 5.47. The van der Waals surface area contributed by atoms with Crippen LogP contribution in [0.4, 0.5) is 4.39 Å². The van der Waals surface area contributed by atoms with E-state index in [1.165, 1.54) is 12.1 Å². The third-order valence-corrected chi connectivity index (χ3v) is 5.47. The number of carbonyl (C=O) groups is 2. The highest BCUT2D eigenvalue weighted by Gasteiger charge is 2.36. The molecule has 156 valence electrons. The van der Waals surface area contributed by atoms with Crippen LogP contribution in [0.25, 0.3) is 11.0 Å². The Labute approximate surface area is 174 Å². The summed E-state index contributed by atoms with van der Waals surface area (Å²) in [6, 6.07) is 13.5. The van der Waals surface area contributed by atoms with E-state index < -0.39 is 6.04 Å². The lowest BCUT2D eigenvalue weighted by Crippen LogP contribution is -2.44. The molecule has 0 radical (unpaired) electrons. The van der Waals surface area contributed by atoms with Crippen LogP contribution >= 0.6 is 0 Å². The average molecular weight is 408 g/mol. The Hall–Kier alpha value is -3.22. The molecule has 1 atom stereocenters. The van der Waals surface area contributed by atoms with Crippen molar-refractivity contribution in [3.8, 4) is 0 Å². The number of nitrogens with one attached hydrogen (secondary N) is 1. The number of amides is 2. The van der Waals surface area contributed by atoms with Gasteiger partial charge in [0.1, 0.15) is 17.7 Å². The van der Waals surface area contributed by atoms with E-state index in [0.29, 0.717) is 24.9 Å². The highest BCUT2D eigenvalue weighted by Crippen LogP contribution is 2.22. The summed E-state index contributed by atoms with van der Waals surface area (Å²) in [7, 11) is 0. The molecule has 2 aromatic carbocycles. The highest BCUT2D eigenvalue weighted by molar-refractivity contribution is 5.90. The molecule has 0 bridgehead atoms. The minimum absolute atomic E-state index is 0.0855. The summed E-state index contributed by atoms with van der Waals surface area (Å²) in [6.07, 6.45) is 1.74. The number of aryl methyl sites for hydroxylation is 1. The quantitative estimate of drug-likeness (QED) is 0.652. The van der Waals surface area contributed by atoms with E-state index in [1.807, 2.05) is 24.3 Å². The van der Waals surface area contributed by atoms with Gasteiger partial charge in [0.05, 0.1) is 17.6 Å². The van der Waals surface area contributed by atoms with Gasteiger partial charge >= 0.3 is 0 Å². The van der Waals surface area contributed by atoms with E-state index in [0.717, 1.165) is 29.8 Å². The number of hydrogen-bond acceptors (Lipinski definition) is 3. The van der Waals surface area contributed by atoms with Gasteiger partial charge in [0.2, 0.25) is 11.8 Å². The molecule has 6 nitrogen and oxygen atoms in total. The van der Waals surface area contributed by atoms with Crippen LogP contribution in [-0.2, 0) is 29.2 Å². The van der Waals surface area contributed by atoms with Gasteiger partial charge in [-0.3, -0.25) is 9.59 Å². The molecule has 1 aliphatic heterocycles. The van der Waals surface area contributed by atoms with Crippen molar-refractivity contribution in [1.82, 2.24) is 19.8 Å². The maximum atomic E-state index is 13.5. The fourth-order valence-corrected chi connectivity index (χ4v) is 4.05. The number of carbonyl (C=O) groups excluding carboxylic acids is 2. The van der Waals surface area contributed by atoms with E-state index >= 15 is 0 Å². The Balaban J connectivity index is 1.47. The van der Waals surface area contributed by atoms with Gasteiger partial charge in [0.25, 0.3) is 0 Å². The lowest BCUT2D eigenvalue weighted by molar-refractivity contribution is -0.135. The second-order valence-electron chi connectivity index (χ2n) is 7.59. The molecule has 7 heteroatoms. The SMILES string of the molecule is CCCn1c(CNC(=O)C2CCC(=O)N2Cc2cccc(F)c2)nc2ccccc21. The fourth-order valence-electron chi connectivity index (χ4n) is 4.05. The second kappa shape index (κ2) is 8.65. The standard InChI is InChI=1S/C23H25FN4O2/c1-2-12-27-19-9-4-3-8-18(19)26-21(27)14-25-23(30)20-10-11-22(29)28(20)15-16-6-5-7-17(24)13-16/h3-9,13,20H,2,10-12,14-15H2,1H3,(H,25,30). The topological polar surface area (TPSA) is 67.2 Å². The van der Waals surface area contributed by atoms with Gasteiger partial charge in [-0.25, -0.2) is 9.37 Å². The van der Waals surface area contributed by atoms with Crippen molar-refractivity contribution in [3.63, 3.8) is 0 Å². The minimum Gasteiger partial charge on any atom is -0.347 e. The molecule has 1 aromatic heterocycles. The lowest BCUT2D eigenvalue weighted by Gasteiger charge is -2.24. The number of hydrogen-bond donors (Lipinski definition) is 1. The number of fused-ring (bicyclic) bond motifs is 1. The van der Waals surface area contributed by atoms with Gasteiger partial charge in [-0.15, -0.1) is 0 Å². The normalized spacial score (nSPS) is 16.4. The summed E-state index contributed by atoms with van der Waals surface area (Å²) in [6.45, 7) is 3.44. The monoisotopic (exact) mass is 408 g/mol. The first-order valence-electron chi connectivity index (χ1n) is 10.3. The molecule has 0 saturated carbocycles. The Bertz CT molecular complexity index is 1080. The Morgan fingerprint density at radius 3 is 2.87 bits per heavy atom. The number of nitrogens with zero attached hydrogens (tertiary/aromatic N) is 3. The lowest BCUT2D eigenvalue weighted by atomic mass is 10.1. The van der Waals surface area contributed by atoms with Crippen LogP contribution in [0.5, 0.6) is 0 Å². The van der Waals surface area contributed by atoms with Crippen LogP contribution in [0.2, 0.25) is 0 Å². The molecule has 3 aromatic rings. The summed E-state index contributed by atoms with van der Waals surface area (Å²) in [4.78, 5) is 31.5. The van der Waals surface area contributed by atoms with Crippen LogP contribution < -0.4 is 5.32 Å². The summed E-state index contributed by atoms with van der Waals surface area (Å²) in [5.41, 5.74) is 2.62. The number of halogens is 1. The molecular formula is C23H25FN4O2. The highest BCUT2D eigenvalue weighted by atomic mass is 19.1. The number of aromatic nitrogens is 2. The van der Waals surface area contributed by atoms with Crippen molar-refractivity contribution < 1.29 is 14.0 Å². The number of para-hydroxylation sites is 2. The van der Waals surface area contributed by atoms with Crippen molar-refractivity contribution in [3.05, 3.63) is 65.7 Å². The zero-order valence-corrected chi connectivity index (χ0v) is 17.0. The van der Waals surface area contributed by atoms with E-state index in [4.69, 9.17) is 0 Å². The van der Waals surface area contributed by atoms with Crippen molar-refractivity contribution in [2.45, 2.75) is 51.9 Å². The first kappa shape index (κ1) is 20.1. The number of benzene rings is 2. The first-order valence-corrected chi connectivity index (χ1v) is 10.3. The smallest absolute Gasteiger partial charge is 0.243 e. The van der Waals surface area contributed by atoms with Crippen molar-refractivity contribution in [2.24, 2.45) is 0 Å². The molecule has 1 saturated heterocycles. The van der Waals surface area contributed by atoms with Crippen LogP contribution in [0.15, 0.2) is 48.5 Å². The molecule has 0 aliphatic carbocycles. The van der Waals surface area contributed by atoms with Gasteiger partial charge in [0, 0.05) is 19.5 Å². The van der Waals surface area contributed by atoms with E-state index in [2.05, 4.69) is 21.8 Å². The van der Waals surface area contributed by atoms with Crippen LogP contribution in [-0.4, -0.2) is 32.3 Å². The maximum absolute atomic E-state index is 13.5. The molecule has 0 spiro atoms. The van der Waals surface area contributed by atoms with E-state index in [9.17, 15) is 14.0 Å². The Morgan fingerprint density at radius 1 is 1.23 bits per heavy atom. The molecule has 1 unspecified atom stereocenters. The average Bonchev–Trinajstić information content (AvgIpc) is 3.27. The van der Waals surface area contributed by atoms with Gasteiger partial charge in [-0.05, 0) is 42.7 Å². The van der Waals surface area contributed by atoms with Crippen LogP contribution in [0, 0.1) is 5.82 Å². The van der Waals surface area contributed by atoms with Gasteiger partial charge in [0.15, 0.2) is 0 Å².